The minimum absolute atomic E-state index is 0.0416. The number of methoxy groups -OCH3 is 2. The lowest BCUT2D eigenvalue weighted by Crippen LogP contribution is -2.39. The molecule has 162 valence electrons. The largest absolute Gasteiger partial charge is 0.497 e. The highest BCUT2D eigenvalue weighted by atomic mass is 35.5. The number of benzene rings is 2. The van der Waals surface area contributed by atoms with Crippen LogP contribution in [0.3, 0.4) is 0 Å². The molecule has 2 aromatic rings. The third kappa shape index (κ3) is 7.09. The second-order valence-corrected chi connectivity index (χ2v) is 7.34. The highest BCUT2D eigenvalue weighted by molar-refractivity contribution is 6.36. The molecule has 2 rings (SSSR count). The number of nitrogens with one attached hydrogen (secondary N) is 2. The van der Waals surface area contributed by atoms with Crippen molar-refractivity contribution >= 4 is 46.4 Å². The number of anilines is 2. The van der Waals surface area contributed by atoms with Gasteiger partial charge >= 0.3 is 0 Å². The van der Waals surface area contributed by atoms with Crippen LogP contribution in [0.1, 0.15) is 13.3 Å². The van der Waals surface area contributed by atoms with Gasteiger partial charge < -0.3 is 20.1 Å². The molecular weight excluding hydrogens is 429 g/mol. The summed E-state index contributed by atoms with van der Waals surface area (Å²) in [7, 11) is 3.07. The molecule has 0 aromatic heterocycles. The Kier molecular flexibility index (Phi) is 9.23. The molecule has 0 fully saturated rings. The molecule has 0 atom stereocenters. The van der Waals surface area contributed by atoms with Crippen LogP contribution in [0.2, 0.25) is 10.0 Å². The molecule has 9 heteroatoms. The highest BCUT2D eigenvalue weighted by Gasteiger charge is 2.16. The molecular formula is C21H25Cl2N3O4. The van der Waals surface area contributed by atoms with E-state index in [-0.39, 0.29) is 24.9 Å². The maximum absolute atomic E-state index is 12.5. The second-order valence-electron chi connectivity index (χ2n) is 6.50. The fourth-order valence-corrected chi connectivity index (χ4v) is 3.26. The number of hydrogen-bond acceptors (Lipinski definition) is 5. The predicted octanol–water partition coefficient (Wildman–Crippen LogP) is 4.30. The first kappa shape index (κ1) is 23.8. The number of halogens is 2. The summed E-state index contributed by atoms with van der Waals surface area (Å²) in [5, 5.41) is 6.39. The van der Waals surface area contributed by atoms with Gasteiger partial charge in [0.2, 0.25) is 11.8 Å². The van der Waals surface area contributed by atoms with Crippen LogP contribution < -0.4 is 20.1 Å². The van der Waals surface area contributed by atoms with E-state index in [0.717, 1.165) is 6.42 Å². The van der Waals surface area contributed by atoms with Gasteiger partial charge in [-0.25, -0.2) is 0 Å². The number of carbonyl (C=O) groups excluding carboxylic acids is 2. The van der Waals surface area contributed by atoms with Gasteiger partial charge in [0.15, 0.2) is 0 Å². The summed E-state index contributed by atoms with van der Waals surface area (Å²) < 4.78 is 10.5. The monoisotopic (exact) mass is 453 g/mol. The Morgan fingerprint density at radius 1 is 0.933 bits per heavy atom. The summed E-state index contributed by atoms with van der Waals surface area (Å²) in [5.74, 6) is 0.571. The van der Waals surface area contributed by atoms with Crippen molar-refractivity contribution in [2.45, 2.75) is 13.3 Å². The molecule has 2 amide bonds. The van der Waals surface area contributed by atoms with Gasteiger partial charge in [0.1, 0.15) is 11.5 Å². The highest BCUT2D eigenvalue weighted by Crippen LogP contribution is 2.29. The molecule has 0 spiro atoms. The third-order valence-electron chi connectivity index (χ3n) is 4.16. The number of amides is 2. The fraction of sp³-hybridized carbons (Fsp3) is 0.333. The predicted molar refractivity (Wildman–Crippen MR) is 120 cm³/mol. The topological polar surface area (TPSA) is 79.9 Å². The number of rotatable bonds is 10. The van der Waals surface area contributed by atoms with Gasteiger partial charge in [-0.2, -0.15) is 0 Å². The smallest absolute Gasteiger partial charge is 0.238 e. The molecule has 0 bridgehead atoms. The van der Waals surface area contributed by atoms with E-state index in [4.69, 9.17) is 32.7 Å². The molecule has 0 saturated carbocycles. The number of nitrogens with zero attached hydrogens (tertiary/aromatic N) is 1. The van der Waals surface area contributed by atoms with Crippen molar-refractivity contribution in [3.8, 4) is 11.5 Å². The van der Waals surface area contributed by atoms with Crippen molar-refractivity contribution in [1.29, 1.82) is 0 Å². The zero-order valence-corrected chi connectivity index (χ0v) is 18.6. The summed E-state index contributed by atoms with van der Waals surface area (Å²) in [6, 6.07) is 9.94. The Bertz CT molecular complexity index is 893. The maximum Gasteiger partial charge on any atom is 0.238 e. The number of ether oxygens (including phenoxy) is 2. The summed E-state index contributed by atoms with van der Waals surface area (Å²) in [4.78, 5) is 26.7. The Hall–Kier alpha value is -2.48. The molecule has 0 aliphatic rings. The van der Waals surface area contributed by atoms with E-state index < -0.39 is 0 Å². The van der Waals surface area contributed by atoms with Crippen LogP contribution in [-0.4, -0.2) is 50.6 Å². The van der Waals surface area contributed by atoms with Gasteiger partial charge in [0.05, 0.1) is 43.7 Å². The summed E-state index contributed by atoms with van der Waals surface area (Å²) in [6.07, 6.45) is 0.786. The second kappa shape index (κ2) is 11.6. The van der Waals surface area contributed by atoms with Crippen LogP contribution in [0.15, 0.2) is 36.4 Å². The first-order chi connectivity index (χ1) is 14.4. The van der Waals surface area contributed by atoms with Crippen LogP contribution in [0.25, 0.3) is 0 Å². The van der Waals surface area contributed by atoms with E-state index in [9.17, 15) is 9.59 Å². The zero-order valence-electron chi connectivity index (χ0n) is 17.1. The van der Waals surface area contributed by atoms with Crippen LogP contribution >= 0.6 is 23.2 Å². The fourth-order valence-electron chi connectivity index (χ4n) is 2.81. The molecule has 0 unspecified atom stereocenters. The molecule has 0 aliphatic heterocycles. The molecule has 30 heavy (non-hydrogen) atoms. The lowest BCUT2D eigenvalue weighted by molar-refractivity contribution is -0.120. The van der Waals surface area contributed by atoms with E-state index in [1.165, 1.54) is 7.11 Å². The molecule has 7 nitrogen and oxygen atoms in total. The van der Waals surface area contributed by atoms with Gasteiger partial charge in [-0.3, -0.25) is 14.5 Å². The van der Waals surface area contributed by atoms with Gasteiger partial charge in [0, 0.05) is 11.1 Å². The molecule has 0 saturated heterocycles. The summed E-state index contributed by atoms with van der Waals surface area (Å²) >= 11 is 12.0. The van der Waals surface area contributed by atoms with Gasteiger partial charge in [-0.15, -0.1) is 0 Å². The first-order valence-corrected chi connectivity index (χ1v) is 10.1. The summed E-state index contributed by atoms with van der Waals surface area (Å²) in [6.45, 7) is 2.64. The van der Waals surface area contributed by atoms with Crippen molar-refractivity contribution < 1.29 is 19.1 Å². The normalized spacial score (nSPS) is 10.6. The van der Waals surface area contributed by atoms with Gasteiger partial charge in [-0.05, 0) is 43.3 Å². The van der Waals surface area contributed by atoms with Crippen molar-refractivity contribution in [3.63, 3.8) is 0 Å². The quantitative estimate of drug-likeness (QED) is 0.560. The Morgan fingerprint density at radius 3 is 2.13 bits per heavy atom. The van der Waals surface area contributed by atoms with Gasteiger partial charge in [-0.1, -0.05) is 30.1 Å². The molecule has 0 heterocycles. The van der Waals surface area contributed by atoms with E-state index in [1.54, 1.807) is 48.4 Å². The molecule has 2 aromatic carbocycles. The average Bonchev–Trinajstić information content (AvgIpc) is 2.70. The number of carbonyl (C=O) groups is 2. The van der Waals surface area contributed by atoms with E-state index >= 15 is 0 Å². The number of hydrogen-bond donors (Lipinski definition) is 2. The zero-order chi connectivity index (χ0) is 22.1. The van der Waals surface area contributed by atoms with Crippen LogP contribution in [-0.2, 0) is 9.59 Å². The molecule has 0 radical (unpaired) electrons. The standard InChI is InChI=1S/C21H25Cl2N3O4/c1-4-9-26(12-20(27)24-17-7-5-14(22)10-16(17)23)13-21(28)25-18-8-6-15(29-2)11-19(18)30-3/h5-8,10-11H,4,9,12-13H2,1-3H3,(H,24,27)(H,25,28). The van der Waals surface area contributed by atoms with Gasteiger partial charge in [0.25, 0.3) is 0 Å². The third-order valence-corrected chi connectivity index (χ3v) is 4.71. The van der Waals surface area contributed by atoms with Crippen molar-refractivity contribution in [3.05, 3.63) is 46.4 Å². The minimum atomic E-state index is -0.275. The lowest BCUT2D eigenvalue weighted by atomic mass is 10.2. The first-order valence-electron chi connectivity index (χ1n) is 9.35. The molecule has 2 N–H and O–H groups in total. The van der Waals surface area contributed by atoms with E-state index in [2.05, 4.69) is 10.6 Å². The van der Waals surface area contributed by atoms with Crippen molar-refractivity contribution in [1.82, 2.24) is 4.90 Å². The van der Waals surface area contributed by atoms with Crippen molar-refractivity contribution in [2.75, 3.05) is 44.5 Å². The Morgan fingerprint density at radius 2 is 1.57 bits per heavy atom. The van der Waals surface area contributed by atoms with Crippen LogP contribution in [0.5, 0.6) is 11.5 Å². The summed E-state index contributed by atoms with van der Waals surface area (Å²) in [5.41, 5.74) is 0.993. The van der Waals surface area contributed by atoms with E-state index in [0.29, 0.717) is 39.5 Å². The Balaban J connectivity index is 1.99. The average molecular weight is 454 g/mol. The maximum atomic E-state index is 12.5. The van der Waals surface area contributed by atoms with E-state index in [1.807, 2.05) is 6.92 Å². The minimum Gasteiger partial charge on any atom is -0.497 e. The van der Waals surface area contributed by atoms with Crippen LogP contribution in [0.4, 0.5) is 11.4 Å². The SMILES string of the molecule is CCCN(CC(=O)Nc1ccc(Cl)cc1Cl)CC(=O)Nc1ccc(OC)cc1OC. The molecule has 0 aliphatic carbocycles. The Labute approximate surface area is 186 Å². The lowest BCUT2D eigenvalue weighted by Gasteiger charge is -2.21. The van der Waals surface area contributed by atoms with Crippen molar-refractivity contribution in [2.24, 2.45) is 0 Å². The van der Waals surface area contributed by atoms with Crippen LogP contribution in [0, 0.1) is 0 Å².